The van der Waals surface area contributed by atoms with Gasteiger partial charge in [-0.05, 0) is 6.42 Å². The van der Waals surface area contributed by atoms with Gasteiger partial charge in [-0.25, -0.2) is 0 Å². The highest BCUT2D eigenvalue weighted by molar-refractivity contribution is 7.99. The van der Waals surface area contributed by atoms with Crippen LogP contribution in [0, 0.1) is 0 Å². The summed E-state index contributed by atoms with van der Waals surface area (Å²) in [7, 11) is 0. The number of nitrogens with two attached hydrogens (primary N) is 1. The van der Waals surface area contributed by atoms with Gasteiger partial charge in [0.25, 0.3) is 0 Å². The molecule has 6 atom stereocenters. The number of hydrogen-bond acceptors (Lipinski definition) is 8. The Kier molecular flexibility index (Phi) is 7.55. The first-order valence-electron chi connectivity index (χ1n) is 6.32. The molecule has 0 saturated carbocycles. The Morgan fingerprint density at radius 2 is 1.95 bits per heavy atom. The summed E-state index contributed by atoms with van der Waals surface area (Å²) in [6, 6.07) is 0. The van der Waals surface area contributed by atoms with E-state index in [0.717, 1.165) is 0 Å². The first kappa shape index (κ1) is 17.1. The summed E-state index contributed by atoms with van der Waals surface area (Å²) in [5.74, 6) is 0.704. The van der Waals surface area contributed by atoms with Crippen LogP contribution in [0.2, 0.25) is 0 Å². The zero-order valence-electron chi connectivity index (χ0n) is 10.9. The lowest BCUT2D eigenvalue weighted by Gasteiger charge is -2.40. The van der Waals surface area contributed by atoms with Gasteiger partial charge >= 0.3 is 0 Å². The highest BCUT2D eigenvalue weighted by atomic mass is 32.2. The van der Waals surface area contributed by atoms with Crippen molar-refractivity contribution in [2.75, 3.05) is 18.9 Å². The van der Waals surface area contributed by atoms with Gasteiger partial charge in [-0.15, -0.1) is 11.8 Å². The van der Waals surface area contributed by atoms with E-state index in [4.69, 9.17) is 20.3 Å². The molecule has 1 aliphatic rings. The SMILES string of the molecule is CCC(O[C@H]1O[C@H](CO)[C@@H](O)[C@H](O)[C@@H]1O)SCCN. The van der Waals surface area contributed by atoms with Crippen LogP contribution in [0.3, 0.4) is 0 Å². The van der Waals surface area contributed by atoms with Crippen LogP contribution in [0.25, 0.3) is 0 Å². The summed E-state index contributed by atoms with van der Waals surface area (Å²) < 4.78 is 10.8. The van der Waals surface area contributed by atoms with Crippen LogP contribution in [-0.4, -0.2) is 75.5 Å². The quantitative estimate of drug-likeness (QED) is 0.350. The molecule has 0 radical (unpaired) electrons. The molecule has 0 aromatic carbocycles. The van der Waals surface area contributed by atoms with Gasteiger partial charge in [0.05, 0.1) is 6.61 Å². The Balaban J connectivity index is 2.59. The maximum Gasteiger partial charge on any atom is 0.188 e. The van der Waals surface area contributed by atoms with Crippen molar-refractivity contribution < 1.29 is 29.9 Å². The van der Waals surface area contributed by atoms with Gasteiger partial charge in [0.2, 0.25) is 0 Å². The van der Waals surface area contributed by atoms with E-state index in [1.54, 1.807) is 0 Å². The van der Waals surface area contributed by atoms with Crippen LogP contribution in [-0.2, 0) is 9.47 Å². The number of thioether (sulfide) groups is 1. The molecule has 0 spiro atoms. The van der Waals surface area contributed by atoms with Crippen molar-refractivity contribution in [1.82, 2.24) is 0 Å². The molecule has 0 aliphatic carbocycles. The van der Waals surface area contributed by atoms with E-state index in [0.29, 0.717) is 18.7 Å². The van der Waals surface area contributed by atoms with Crippen LogP contribution < -0.4 is 5.73 Å². The van der Waals surface area contributed by atoms with Crippen molar-refractivity contribution in [3.05, 3.63) is 0 Å². The molecular formula is C11H23NO6S. The third-order valence-corrected chi connectivity index (χ3v) is 4.18. The molecule has 1 rings (SSSR count). The van der Waals surface area contributed by atoms with Crippen LogP contribution in [0.15, 0.2) is 0 Å². The van der Waals surface area contributed by atoms with Gasteiger partial charge in [-0.3, -0.25) is 0 Å². The van der Waals surface area contributed by atoms with Crippen molar-refractivity contribution >= 4 is 11.8 Å². The zero-order valence-corrected chi connectivity index (χ0v) is 11.7. The number of hydrogen-bond donors (Lipinski definition) is 5. The molecule has 8 heteroatoms. The molecule has 1 aliphatic heterocycles. The summed E-state index contributed by atoms with van der Waals surface area (Å²) in [6.45, 7) is 1.97. The average Bonchev–Trinajstić information content (AvgIpc) is 2.43. The second-order valence-corrected chi connectivity index (χ2v) is 5.60. The summed E-state index contributed by atoms with van der Waals surface area (Å²) in [4.78, 5) is 0. The second kappa shape index (κ2) is 8.38. The predicted octanol–water partition coefficient (Wildman–Crippen LogP) is -1.77. The number of aliphatic hydroxyl groups is 4. The van der Waals surface area contributed by atoms with Gasteiger partial charge in [0.15, 0.2) is 6.29 Å². The van der Waals surface area contributed by atoms with Gasteiger partial charge in [0.1, 0.15) is 29.9 Å². The molecular weight excluding hydrogens is 274 g/mol. The normalized spacial score (nSPS) is 37.3. The van der Waals surface area contributed by atoms with Crippen LogP contribution in [0.1, 0.15) is 13.3 Å². The third kappa shape index (κ3) is 4.54. The molecule has 19 heavy (non-hydrogen) atoms. The monoisotopic (exact) mass is 297 g/mol. The largest absolute Gasteiger partial charge is 0.394 e. The van der Waals surface area contributed by atoms with E-state index in [1.165, 1.54) is 11.8 Å². The number of rotatable bonds is 7. The molecule has 7 nitrogen and oxygen atoms in total. The lowest BCUT2D eigenvalue weighted by Crippen LogP contribution is -2.59. The molecule has 0 aromatic heterocycles. The summed E-state index contributed by atoms with van der Waals surface area (Å²) >= 11 is 1.48. The first-order chi connectivity index (χ1) is 9.04. The van der Waals surface area contributed by atoms with Crippen molar-refractivity contribution in [3.63, 3.8) is 0 Å². The lowest BCUT2D eigenvalue weighted by atomic mass is 9.99. The van der Waals surface area contributed by atoms with Crippen LogP contribution in [0.4, 0.5) is 0 Å². The molecule has 1 fully saturated rings. The molecule has 6 N–H and O–H groups in total. The Bertz CT molecular complexity index is 257. The van der Waals surface area contributed by atoms with E-state index in [1.807, 2.05) is 6.92 Å². The van der Waals surface area contributed by atoms with Gasteiger partial charge < -0.3 is 35.6 Å². The molecule has 1 unspecified atom stereocenters. The predicted molar refractivity (Wildman–Crippen MR) is 70.4 cm³/mol. The highest BCUT2D eigenvalue weighted by Gasteiger charge is 2.44. The Morgan fingerprint density at radius 1 is 1.26 bits per heavy atom. The van der Waals surface area contributed by atoms with Gasteiger partial charge in [-0.2, -0.15) is 0 Å². The van der Waals surface area contributed by atoms with E-state index in [-0.39, 0.29) is 5.44 Å². The minimum Gasteiger partial charge on any atom is -0.394 e. The molecule has 1 heterocycles. The number of aliphatic hydroxyl groups excluding tert-OH is 4. The molecule has 0 amide bonds. The summed E-state index contributed by atoms with van der Waals surface area (Å²) in [6.07, 6.45) is -5.47. The minimum absolute atomic E-state index is 0.231. The highest BCUT2D eigenvalue weighted by Crippen LogP contribution is 2.26. The van der Waals surface area contributed by atoms with Crippen LogP contribution in [0.5, 0.6) is 0 Å². The fourth-order valence-electron chi connectivity index (χ4n) is 1.78. The van der Waals surface area contributed by atoms with Crippen molar-refractivity contribution in [2.45, 2.75) is 49.5 Å². The Morgan fingerprint density at radius 3 is 2.47 bits per heavy atom. The molecule has 0 bridgehead atoms. The van der Waals surface area contributed by atoms with E-state index in [9.17, 15) is 15.3 Å². The second-order valence-electron chi connectivity index (χ2n) is 4.33. The summed E-state index contributed by atoms with van der Waals surface area (Å²) in [5, 5.41) is 38.1. The van der Waals surface area contributed by atoms with Crippen molar-refractivity contribution in [1.29, 1.82) is 0 Å². The average molecular weight is 297 g/mol. The zero-order chi connectivity index (χ0) is 14.4. The van der Waals surface area contributed by atoms with Gasteiger partial charge in [0, 0.05) is 12.3 Å². The van der Waals surface area contributed by atoms with Crippen molar-refractivity contribution in [3.8, 4) is 0 Å². The summed E-state index contributed by atoms with van der Waals surface area (Å²) in [5.41, 5.74) is 5.18. The molecule has 1 saturated heterocycles. The molecule has 0 aromatic rings. The number of ether oxygens (including phenoxy) is 2. The topological polar surface area (TPSA) is 125 Å². The fraction of sp³-hybridized carbons (Fsp3) is 1.00. The van der Waals surface area contributed by atoms with Crippen LogP contribution >= 0.6 is 11.8 Å². The van der Waals surface area contributed by atoms with E-state index < -0.39 is 37.3 Å². The Labute approximate surface area is 116 Å². The molecule has 114 valence electrons. The van der Waals surface area contributed by atoms with Crippen molar-refractivity contribution in [2.24, 2.45) is 5.73 Å². The maximum absolute atomic E-state index is 9.82. The first-order valence-corrected chi connectivity index (χ1v) is 7.37. The smallest absolute Gasteiger partial charge is 0.188 e. The maximum atomic E-state index is 9.82. The minimum atomic E-state index is -1.41. The third-order valence-electron chi connectivity index (χ3n) is 2.89. The van der Waals surface area contributed by atoms with E-state index in [2.05, 4.69) is 0 Å². The lowest BCUT2D eigenvalue weighted by molar-refractivity contribution is -0.304. The Hall–Kier alpha value is 0.0700. The standard InChI is InChI=1S/C11H23NO6S/c1-2-7(19-4-3-12)18-11-10(16)9(15)8(14)6(5-13)17-11/h6-11,13-16H,2-5,12H2,1H3/t6-,7?,8-,9+,10+,11-/m1/s1. The van der Waals surface area contributed by atoms with E-state index >= 15 is 0 Å². The van der Waals surface area contributed by atoms with Gasteiger partial charge in [-0.1, -0.05) is 6.92 Å². The fourth-order valence-corrected chi connectivity index (χ4v) is 2.61.